The molecule has 2 aliphatic rings. The Morgan fingerprint density at radius 3 is 3.12 bits per heavy atom. The molecule has 1 aromatic rings. The largest absolute Gasteiger partial charge is 0.344 e. The van der Waals surface area contributed by atoms with Crippen LogP contribution in [0.1, 0.15) is 23.3 Å². The number of nitrogens with zero attached hydrogens (tertiary/aromatic N) is 1. The van der Waals surface area contributed by atoms with E-state index in [1.807, 2.05) is 4.90 Å². The number of rotatable bonds is 1. The van der Waals surface area contributed by atoms with Gasteiger partial charge in [-0.1, -0.05) is 0 Å². The molecule has 1 fully saturated rings. The lowest BCUT2D eigenvalue weighted by Crippen LogP contribution is -2.46. The van der Waals surface area contributed by atoms with Crippen molar-refractivity contribution in [2.75, 3.05) is 6.54 Å². The van der Waals surface area contributed by atoms with Crippen LogP contribution in [0.25, 0.3) is 0 Å². The molecule has 1 saturated heterocycles. The SMILES string of the molecule is O=C1CC[C@@H](C(=O)N2CCc3sccc3C2)N1. The van der Waals surface area contributed by atoms with Crippen LogP contribution in [0.4, 0.5) is 0 Å². The molecule has 0 radical (unpaired) electrons. The van der Waals surface area contributed by atoms with Crippen molar-refractivity contribution in [3.05, 3.63) is 21.9 Å². The average Bonchev–Trinajstić information content (AvgIpc) is 2.95. The zero-order chi connectivity index (χ0) is 11.8. The van der Waals surface area contributed by atoms with Gasteiger partial charge >= 0.3 is 0 Å². The van der Waals surface area contributed by atoms with Crippen molar-refractivity contribution < 1.29 is 9.59 Å². The molecular weight excluding hydrogens is 236 g/mol. The van der Waals surface area contributed by atoms with E-state index in [1.165, 1.54) is 10.4 Å². The molecular formula is C12H14N2O2S. The molecule has 0 aromatic carbocycles. The normalized spacial score (nSPS) is 23.4. The highest BCUT2D eigenvalue weighted by molar-refractivity contribution is 7.10. The fraction of sp³-hybridized carbons (Fsp3) is 0.500. The van der Waals surface area contributed by atoms with Crippen LogP contribution in [0.2, 0.25) is 0 Å². The summed E-state index contributed by atoms with van der Waals surface area (Å²) in [6.45, 7) is 1.47. The van der Waals surface area contributed by atoms with Gasteiger partial charge in [-0.05, 0) is 29.9 Å². The molecule has 17 heavy (non-hydrogen) atoms. The lowest BCUT2D eigenvalue weighted by atomic mass is 10.1. The van der Waals surface area contributed by atoms with Crippen molar-refractivity contribution in [3.8, 4) is 0 Å². The molecule has 0 spiro atoms. The molecule has 0 saturated carbocycles. The topological polar surface area (TPSA) is 49.4 Å². The van der Waals surface area contributed by atoms with Gasteiger partial charge in [0, 0.05) is 24.4 Å². The first-order valence-electron chi connectivity index (χ1n) is 5.87. The highest BCUT2D eigenvalue weighted by Crippen LogP contribution is 2.25. The number of amides is 2. The molecule has 0 bridgehead atoms. The molecule has 90 valence electrons. The molecule has 1 atom stereocenters. The lowest BCUT2D eigenvalue weighted by Gasteiger charge is -2.29. The molecule has 2 amide bonds. The van der Waals surface area contributed by atoms with E-state index in [0.717, 1.165) is 13.0 Å². The smallest absolute Gasteiger partial charge is 0.245 e. The summed E-state index contributed by atoms with van der Waals surface area (Å²) in [5, 5.41) is 4.82. The van der Waals surface area contributed by atoms with Crippen molar-refractivity contribution in [2.24, 2.45) is 0 Å². The Kier molecular flexibility index (Phi) is 2.63. The Labute approximate surface area is 104 Å². The van der Waals surface area contributed by atoms with E-state index in [4.69, 9.17) is 0 Å². The van der Waals surface area contributed by atoms with Gasteiger partial charge in [-0.15, -0.1) is 11.3 Å². The maximum Gasteiger partial charge on any atom is 0.245 e. The number of thiophene rings is 1. The van der Waals surface area contributed by atoms with Gasteiger partial charge in [-0.2, -0.15) is 0 Å². The summed E-state index contributed by atoms with van der Waals surface area (Å²) in [5.41, 5.74) is 1.26. The Bertz CT molecular complexity index is 469. The van der Waals surface area contributed by atoms with Gasteiger partial charge in [0.05, 0.1) is 0 Å². The Morgan fingerprint density at radius 2 is 2.35 bits per heavy atom. The van der Waals surface area contributed by atoms with Gasteiger partial charge < -0.3 is 10.2 Å². The summed E-state index contributed by atoms with van der Waals surface area (Å²) in [4.78, 5) is 26.6. The predicted octanol–water partition coefficient (Wildman–Crippen LogP) is 0.911. The van der Waals surface area contributed by atoms with Gasteiger partial charge in [0.25, 0.3) is 0 Å². The summed E-state index contributed by atoms with van der Waals surface area (Å²) in [6, 6.07) is 1.80. The summed E-state index contributed by atoms with van der Waals surface area (Å²) in [5.74, 6) is 0.0734. The molecule has 0 aliphatic carbocycles. The van der Waals surface area contributed by atoms with Crippen LogP contribution in [0.3, 0.4) is 0 Å². The molecule has 2 aliphatic heterocycles. The van der Waals surface area contributed by atoms with Crippen LogP contribution in [-0.4, -0.2) is 29.3 Å². The monoisotopic (exact) mass is 250 g/mol. The van der Waals surface area contributed by atoms with Crippen molar-refractivity contribution in [2.45, 2.75) is 31.8 Å². The molecule has 3 rings (SSSR count). The third-order valence-electron chi connectivity index (χ3n) is 3.41. The third kappa shape index (κ3) is 1.95. The number of fused-ring (bicyclic) bond motifs is 1. The van der Waals surface area contributed by atoms with E-state index in [-0.39, 0.29) is 17.9 Å². The third-order valence-corrected chi connectivity index (χ3v) is 4.44. The summed E-state index contributed by atoms with van der Waals surface area (Å²) in [6.07, 6.45) is 2.07. The van der Waals surface area contributed by atoms with Crippen molar-refractivity contribution in [1.29, 1.82) is 0 Å². The van der Waals surface area contributed by atoms with E-state index in [1.54, 1.807) is 11.3 Å². The number of hydrogen-bond donors (Lipinski definition) is 1. The summed E-state index contributed by atoms with van der Waals surface area (Å²) < 4.78 is 0. The van der Waals surface area contributed by atoms with Gasteiger partial charge in [-0.3, -0.25) is 9.59 Å². The van der Waals surface area contributed by atoms with Crippen LogP contribution in [0.15, 0.2) is 11.4 Å². The number of nitrogens with one attached hydrogen (secondary N) is 1. The summed E-state index contributed by atoms with van der Waals surface area (Å²) in [7, 11) is 0. The highest BCUT2D eigenvalue weighted by Gasteiger charge is 2.32. The van der Waals surface area contributed by atoms with Crippen LogP contribution in [-0.2, 0) is 22.6 Å². The zero-order valence-electron chi connectivity index (χ0n) is 9.44. The molecule has 0 unspecified atom stereocenters. The van der Waals surface area contributed by atoms with Gasteiger partial charge in [0.15, 0.2) is 0 Å². The molecule has 1 aromatic heterocycles. The van der Waals surface area contributed by atoms with E-state index < -0.39 is 0 Å². The van der Waals surface area contributed by atoms with E-state index in [9.17, 15) is 9.59 Å². The van der Waals surface area contributed by atoms with Crippen molar-refractivity contribution >= 4 is 23.2 Å². The second-order valence-electron chi connectivity index (χ2n) is 4.54. The highest BCUT2D eigenvalue weighted by atomic mass is 32.1. The Morgan fingerprint density at radius 1 is 1.47 bits per heavy atom. The predicted molar refractivity (Wildman–Crippen MR) is 64.6 cm³/mol. The number of carbonyl (C=O) groups is 2. The first-order chi connectivity index (χ1) is 8.24. The molecule has 4 nitrogen and oxygen atoms in total. The Hall–Kier alpha value is -1.36. The Balaban J connectivity index is 1.70. The van der Waals surface area contributed by atoms with Crippen molar-refractivity contribution in [1.82, 2.24) is 10.2 Å². The first kappa shape index (κ1) is 10.8. The maximum atomic E-state index is 12.2. The minimum Gasteiger partial charge on any atom is -0.344 e. The van der Waals surface area contributed by atoms with Crippen LogP contribution < -0.4 is 5.32 Å². The van der Waals surface area contributed by atoms with Crippen molar-refractivity contribution in [3.63, 3.8) is 0 Å². The minimum atomic E-state index is -0.289. The number of carbonyl (C=O) groups excluding carboxylic acids is 2. The van der Waals surface area contributed by atoms with Gasteiger partial charge in [0.1, 0.15) is 6.04 Å². The second-order valence-corrected chi connectivity index (χ2v) is 5.54. The van der Waals surface area contributed by atoms with Gasteiger partial charge in [-0.25, -0.2) is 0 Å². The van der Waals surface area contributed by atoms with Crippen LogP contribution in [0, 0.1) is 0 Å². The van der Waals surface area contributed by atoms with E-state index in [0.29, 0.717) is 19.4 Å². The molecule has 1 N–H and O–H groups in total. The van der Waals surface area contributed by atoms with Crippen LogP contribution >= 0.6 is 11.3 Å². The quantitative estimate of drug-likeness (QED) is 0.805. The van der Waals surface area contributed by atoms with Gasteiger partial charge in [0.2, 0.25) is 11.8 Å². The van der Waals surface area contributed by atoms with Crippen LogP contribution in [0.5, 0.6) is 0 Å². The number of hydrogen-bond acceptors (Lipinski definition) is 3. The standard InChI is InChI=1S/C12H14N2O2S/c15-11-2-1-9(13-11)12(16)14-5-3-10-8(7-14)4-6-17-10/h4,6,9H,1-3,5,7H2,(H,13,15)/t9-/m0/s1. The van der Waals surface area contributed by atoms with E-state index >= 15 is 0 Å². The maximum absolute atomic E-state index is 12.2. The molecule has 5 heteroatoms. The first-order valence-corrected chi connectivity index (χ1v) is 6.75. The average molecular weight is 250 g/mol. The fourth-order valence-corrected chi connectivity index (χ4v) is 3.35. The lowest BCUT2D eigenvalue weighted by molar-refractivity contribution is -0.135. The second kappa shape index (κ2) is 4.14. The molecule has 3 heterocycles. The minimum absolute atomic E-state index is 0.00316. The fourth-order valence-electron chi connectivity index (χ4n) is 2.46. The summed E-state index contributed by atoms with van der Waals surface area (Å²) >= 11 is 1.76. The van der Waals surface area contributed by atoms with E-state index in [2.05, 4.69) is 16.8 Å². The zero-order valence-corrected chi connectivity index (χ0v) is 10.3.